The second kappa shape index (κ2) is 7.67. The predicted octanol–water partition coefficient (Wildman–Crippen LogP) is 1.93. The van der Waals surface area contributed by atoms with E-state index in [1.807, 2.05) is 0 Å². The molecule has 0 radical (unpaired) electrons. The number of ether oxygens (including phenoxy) is 2. The average molecular weight is 413 g/mol. The summed E-state index contributed by atoms with van der Waals surface area (Å²) in [6.07, 6.45) is 1.69. The molecule has 1 aromatic carbocycles. The molecule has 4 rings (SSSR count). The van der Waals surface area contributed by atoms with Crippen molar-refractivity contribution in [2.24, 2.45) is 5.73 Å². The fourth-order valence-electron chi connectivity index (χ4n) is 3.36. The first-order valence-corrected chi connectivity index (χ1v) is 9.95. The molecule has 0 atom stereocenters. The van der Waals surface area contributed by atoms with Gasteiger partial charge in [-0.1, -0.05) is 12.1 Å². The van der Waals surface area contributed by atoms with E-state index in [0.717, 1.165) is 18.7 Å². The smallest absolute Gasteiger partial charge is 0.349 e. The van der Waals surface area contributed by atoms with Crippen molar-refractivity contribution in [1.29, 1.82) is 0 Å². The van der Waals surface area contributed by atoms with E-state index in [1.54, 1.807) is 35.8 Å². The van der Waals surface area contributed by atoms with Gasteiger partial charge in [0.15, 0.2) is 6.61 Å². The van der Waals surface area contributed by atoms with Crippen molar-refractivity contribution in [3.05, 3.63) is 56.4 Å². The summed E-state index contributed by atoms with van der Waals surface area (Å²) in [5.74, 6) is 0.162. The third-order valence-corrected chi connectivity index (χ3v) is 5.91. The number of carbonyl (C=O) groups is 2. The van der Waals surface area contributed by atoms with Crippen LogP contribution in [0.25, 0.3) is 10.2 Å². The highest BCUT2D eigenvalue weighted by molar-refractivity contribution is 7.20. The minimum Gasteiger partial charge on any atom is -0.484 e. The summed E-state index contributed by atoms with van der Waals surface area (Å²) in [4.78, 5) is 41.7. The van der Waals surface area contributed by atoms with Crippen LogP contribution in [-0.4, -0.2) is 28.0 Å². The molecule has 8 nitrogen and oxygen atoms in total. The van der Waals surface area contributed by atoms with Crippen LogP contribution in [0.5, 0.6) is 5.75 Å². The SMILES string of the molecule is Cc1c(C(=O)OCc2cccc(OCC(N)=O)c2)sc2nc3n(c(=O)c12)CCC3. The van der Waals surface area contributed by atoms with Crippen molar-refractivity contribution in [3.8, 4) is 5.75 Å². The van der Waals surface area contributed by atoms with Gasteiger partial charge >= 0.3 is 5.97 Å². The topological polar surface area (TPSA) is 114 Å². The molecule has 0 aliphatic carbocycles. The van der Waals surface area contributed by atoms with Crippen molar-refractivity contribution >= 4 is 33.4 Å². The Morgan fingerprint density at radius 3 is 2.97 bits per heavy atom. The lowest BCUT2D eigenvalue weighted by atomic mass is 10.2. The molecular weight excluding hydrogens is 394 g/mol. The lowest BCUT2D eigenvalue weighted by Gasteiger charge is -2.07. The molecule has 2 aromatic heterocycles. The highest BCUT2D eigenvalue weighted by atomic mass is 32.1. The molecule has 0 spiro atoms. The summed E-state index contributed by atoms with van der Waals surface area (Å²) in [5, 5.41) is 0.495. The Hall–Kier alpha value is -3.20. The Morgan fingerprint density at radius 2 is 2.17 bits per heavy atom. The van der Waals surface area contributed by atoms with Gasteiger partial charge in [0, 0.05) is 13.0 Å². The standard InChI is InChI=1S/C20H19N3O5S/c1-11-16-18(22-15-6-3-7-23(15)19(16)25)29-17(11)20(26)28-9-12-4-2-5-13(8-12)27-10-14(21)24/h2,4-5,8H,3,6-7,9-10H2,1H3,(H2,21,24). The van der Waals surface area contributed by atoms with E-state index in [4.69, 9.17) is 15.2 Å². The third-order valence-electron chi connectivity index (χ3n) is 4.75. The van der Waals surface area contributed by atoms with Crippen LogP contribution in [0.1, 0.15) is 33.0 Å². The first kappa shape index (κ1) is 19.1. The molecule has 3 heterocycles. The molecule has 150 valence electrons. The Bertz CT molecular complexity index is 1180. The fraction of sp³-hybridized carbons (Fsp3) is 0.300. The van der Waals surface area contributed by atoms with Crippen molar-refractivity contribution < 1.29 is 19.1 Å². The monoisotopic (exact) mass is 413 g/mol. The molecule has 1 amide bonds. The summed E-state index contributed by atoms with van der Waals surface area (Å²) < 4.78 is 12.4. The first-order chi connectivity index (χ1) is 13.9. The highest BCUT2D eigenvalue weighted by Gasteiger charge is 2.24. The number of nitrogens with zero attached hydrogens (tertiary/aromatic N) is 2. The first-order valence-electron chi connectivity index (χ1n) is 9.14. The maximum absolute atomic E-state index is 12.7. The normalized spacial score (nSPS) is 12.7. The van der Waals surface area contributed by atoms with E-state index in [0.29, 0.717) is 38.5 Å². The Labute approximate surface area is 169 Å². The van der Waals surface area contributed by atoms with E-state index >= 15 is 0 Å². The van der Waals surface area contributed by atoms with Crippen LogP contribution in [0.4, 0.5) is 0 Å². The number of fused-ring (bicyclic) bond motifs is 2. The molecule has 1 aliphatic rings. The van der Waals surface area contributed by atoms with Crippen LogP contribution in [0, 0.1) is 6.92 Å². The number of esters is 1. The Kier molecular flexibility index (Phi) is 5.06. The van der Waals surface area contributed by atoms with Gasteiger partial charge < -0.3 is 15.2 Å². The molecule has 2 N–H and O–H groups in total. The zero-order chi connectivity index (χ0) is 20.5. The number of amides is 1. The van der Waals surface area contributed by atoms with Gasteiger partial charge in [-0.2, -0.15) is 0 Å². The number of aryl methyl sites for hydroxylation is 2. The molecule has 3 aromatic rings. The Balaban J connectivity index is 1.52. The molecule has 1 aliphatic heterocycles. The molecular formula is C20H19N3O5S. The van der Waals surface area contributed by atoms with Crippen LogP contribution >= 0.6 is 11.3 Å². The van der Waals surface area contributed by atoms with Gasteiger partial charge in [-0.05, 0) is 36.6 Å². The number of carbonyl (C=O) groups excluding carboxylic acids is 2. The number of nitrogens with two attached hydrogens (primary N) is 1. The van der Waals surface area contributed by atoms with Crippen molar-refractivity contribution in [3.63, 3.8) is 0 Å². The van der Waals surface area contributed by atoms with Gasteiger partial charge in [0.05, 0.1) is 5.39 Å². The molecule has 0 bridgehead atoms. The van der Waals surface area contributed by atoms with Gasteiger partial charge in [-0.15, -0.1) is 11.3 Å². The van der Waals surface area contributed by atoms with E-state index in [-0.39, 0.29) is 18.8 Å². The minimum absolute atomic E-state index is 0.0310. The summed E-state index contributed by atoms with van der Waals surface area (Å²) in [7, 11) is 0. The van der Waals surface area contributed by atoms with E-state index in [9.17, 15) is 14.4 Å². The number of thiophene rings is 1. The van der Waals surface area contributed by atoms with Crippen LogP contribution in [-0.2, 0) is 29.1 Å². The van der Waals surface area contributed by atoms with Crippen molar-refractivity contribution in [2.45, 2.75) is 32.9 Å². The van der Waals surface area contributed by atoms with Gasteiger partial charge in [0.25, 0.3) is 11.5 Å². The number of hydrogen-bond acceptors (Lipinski definition) is 7. The molecule has 29 heavy (non-hydrogen) atoms. The number of hydrogen-bond donors (Lipinski definition) is 1. The van der Waals surface area contributed by atoms with Crippen molar-refractivity contribution in [2.75, 3.05) is 6.61 Å². The molecule has 0 fully saturated rings. The van der Waals surface area contributed by atoms with Gasteiger partial charge in [0.2, 0.25) is 0 Å². The zero-order valence-corrected chi connectivity index (χ0v) is 16.6. The van der Waals surface area contributed by atoms with E-state index < -0.39 is 11.9 Å². The minimum atomic E-state index is -0.572. The number of primary amides is 1. The second-order valence-electron chi connectivity index (χ2n) is 6.80. The van der Waals surface area contributed by atoms with E-state index in [2.05, 4.69) is 4.98 Å². The largest absolute Gasteiger partial charge is 0.484 e. The maximum atomic E-state index is 12.7. The van der Waals surface area contributed by atoms with Gasteiger partial charge in [-0.3, -0.25) is 14.2 Å². The lowest BCUT2D eigenvalue weighted by Crippen LogP contribution is -2.20. The summed E-state index contributed by atoms with van der Waals surface area (Å²) in [6, 6.07) is 6.87. The number of benzene rings is 1. The third kappa shape index (κ3) is 3.73. The number of aromatic nitrogens is 2. The highest BCUT2D eigenvalue weighted by Crippen LogP contribution is 2.29. The van der Waals surface area contributed by atoms with Crippen LogP contribution in [0.15, 0.2) is 29.1 Å². The Morgan fingerprint density at radius 1 is 1.34 bits per heavy atom. The van der Waals surface area contributed by atoms with Crippen molar-refractivity contribution in [1.82, 2.24) is 9.55 Å². The molecule has 9 heteroatoms. The molecule has 0 saturated heterocycles. The maximum Gasteiger partial charge on any atom is 0.349 e. The van der Waals surface area contributed by atoms with Gasteiger partial charge in [-0.25, -0.2) is 9.78 Å². The summed E-state index contributed by atoms with van der Waals surface area (Å²) in [5.41, 5.74) is 6.29. The second-order valence-corrected chi connectivity index (χ2v) is 7.80. The van der Waals surface area contributed by atoms with Crippen LogP contribution in [0.2, 0.25) is 0 Å². The van der Waals surface area contributed by atoms with E-state index in [1.165, 1.54) is 11.3 Å². The summed E-state index contributed by atoms with van der Waals surface area (Å²) in [6.45, 7) is 2.22. The fourth-order valence-corrected chi connectivity index (χ4v) is 4.45. The zero-order valence-electron chi connectivity index (χ0n) is 15.8. The molecule has 0 saturated carbocycles. The number of rotatable bonds is 6. The average Bonchev–Trinajstić information content (AvgIpc) is 3.30. The van der Waals surface area contributed by atoms with Crippen LogP contribution in [0.3, 0.4) is 0 Å². The quantitative estimate of drug-likeness (QED) is 0.618. The van der Waals surface area contributed by atoms with Crippen LogP contribution < -0.4 is 16.0 Å². The summed E-state index contributed by atoms with van der Waals surface area (Å²) >= 11 is 1.19. The van der Waals surface area contributed by atoms with Gasteiger partial charge in [0.1, 0.15) is 27.9 Å². The predicted molar refractivity (Wildman–Crippen MR) is 107 cm³/mol. The molecule has 0 unspecified atom stereocenters. The lowest BCUT2D eigenvalue weighted by molar-refractivity contribution is -0.119.